The Morgan fingerprint density at radius 3 is 2.46 bits per heavy atom. The van der Waals surface area contributed by atoms with Crippen molar-refractivity contribution in [2.45, 2.75) is 18.6 Å². The molecule has 4 nitrogen and oxygen atoms in total. The lowest BCUT2D eigenvalue weighted by atomic mass is 10.1. The number of fused-ring (bicyclic) bond motifs is 1. The molecule has 1 aliphatic rings. The van der Waals surface area contributed by atoms with Gasteiger partial charge in [0.1, 0.15) is 17.7 Å². The van der Waals surface area contributed by atoms with E-state index in [2.05, 4.69) is 5.32 Å². The maximum Gasteiger partial charge on any atom is 0.261 e. The summed E-state index contributed by atoms with van der Waals surface area (Å²) in [6.07, 6.45) is -2.31. The minimum Gasteiger partial charge on any atom is -0.477 e. The quantitative estimate of drug-likeness (QED) is 0.900. The second-order valence-corrected chi connectivity index (χ2v) is 5.43. The number of aliphatic hydroxyl groups excluding tert-OH is 1. The first-order valence-electron chi connectivity index (χ1n) is 7.31. The van der Waals surface area contributed by atoms with Crippen LogP contribution >= 0.6 is 0 Å². The van der Waals surface area contributed by atoms with E-state index in [9.17, 15) is 23.1 Å². The fraction of sp³-hybridized carbons (Fsp3) is 0.235. The Morgan fingerprint density at radius 2 is 1.79 bits per heavy atom. The number of halogens is 3. The molecule has 2 aromatic carbocycles. The van der Waals surface area contributed by atoms with Gasteiger partial charge in [-0.05, 0) is 18.2 Å². The molecule has 1 aliphatic heterocycles. The Kier molecular flexibility index (Phi) is 4.44. The van der Waals surface area contributed by atoms with Crippen molar-refractivity contribution in [2.75, 3.05) is 6.54 Å². The van der Waals surface area contributed by atoms with Crippen molar-refractivity contribution in [2.24, 2.45) is 0 Å². The fourth-order valence-electron chi connectivity index (χ4n) is 2.62. The van der Waals surface area contributed by atoms with Crippen LogP contribution in [0.5, 0.6) is 5.75 Å². The van der Waals surface area contributed by atoms with Crippen molar-refractivity contribution in [3.05, 3.63) is 65.0 Å². The molecule has 24 heavy (non-hydrogen) atoms. The topological polar surface area (TPSA) is 58.6 Å². The molecule has 3 rings (SSSR count). The molecule has 0 saturated heterocycles. The second-order valence-electron chi connectivity index (χ2n) is 5.43. The molecule has 7 heteroatoms. The van der Waals surface area contributed by atoms with Crippen molar-refractivity contribution >= 4 is 5.91 Å². The Labute approximate surface area is 135 Å². The van der Waals surface area contributed by atoms with Crippen LogP contribution in [0.3, 0.4) is 0 Å². The lowest BCUT2D eigenvalue weighted by Gasteiger charge is -2.16. The first-order valence-corrected chi connectivity index (χ1v) is 7.31. The van der Waals surface area contributed by atoms with Gasteiger partial charge >= 0.3 is 0 Å². The third-order valence-electron chi connectivity index (χ3n) is 3.81. The van der Waals surface area contributed by atoms with Crippen LogP contribution in [0.4, 0.5) is 13.2 Å². The summed E-state index contributed by atoms with van der Waals surface area (Å²) in [5, 5.41) is 12.3. The summed E-state index contributed by atoms with van der Waals surface area (Å²) in [5.41, 5.74) is 0.0512. The largest absolute Gasteiger partial charge is 0.477 e. The van der Waals surface area contributed by atoms with Gasteiger partial charge in [0.2, 0.25) is 0 Å². The number of carbonyl (C=O) groups is 1. The van der Waals surface area contributed by atoms with E-state index in [1.54, 1.807) is 6.07 Å². The molecule has 2 atom stereocenters. The zero-order chi connectivity index (χ0) is 17.3. The van der Waals surface area contributed by atoms with Crippen LogP contribution in [0, 0.1) is 17.5 Å². The number of ether oxygens (including phenoxy) is 1. The summed E-state index contributed by atoms with van der Waals surface area (Å²) in [6, 6.07) is 7.60. The SMILES string of the molecule is O=C(NCC(O)c1c(F)cccc1F)C1Cc2cccc(F)c2O1. The van der Waals surface area contributed by atoms with Crippen LogP contribution in [0.15, 0.2) is 36.4 Å². The van der Waals surface area contributed by atoms with E-state index in [-0.39, 0.29) is 12.2 Å². The number of para-hydroxylation sites is 1. The molecule has 2 aromatic rings. The van der Waals surface area contributed by atoms with Crippen molar-refractivity contribution in [1.29, 1.82) is 0 Å². The summed E-state index contributed by atoms with van der Waals surface area (Å²) < 4.78 is 46.0. The summed E-state index contributed by atoms with van der Waals surface area (Å²) in [4.78, 5) is 12.1. The minimum atomic E-state index is -1.55. The number of amides is 1. The van der Waals surface area contributed by atoms with Crippen molar-refractivity contribution < 1.29 is 27.8 Å². The number of nitrogens with one attached hydrogen (secondary N) is 1. The van der Waals surface area contributed by atoms with Gasteiger partial charge in [0, 0.05) is 18.5 Å². The minimum absolute atomic E-state index is 0.0262. The molecule has 0 fully saturated rings. The standard InChI is InChI=1S/C17H14F3NO3/c18-10-4-2-5-11(19)15(10)13(22)8-21-17(23)14-7-9-3-1-6-12(20)16(9)24-14/h1-6,13-14,22H,7-8H2,(H,21,23). The maximum atomic E-state index is 13.6. The van der Waals surface area contributed by atoms with Crippen LogP contribution in [0.25, 0.3) is 0 Å². The molecule has 0 aliphatic carbocycles. The second kappa shape index (κ2) is 6.52. The number of hydrogen-bond acceptors (Lipinski definition) is 3. The molecule has 0 bridgehead atoms. The predicted octanol–water partition coefficient (Wildman–Crippen LogP) is 2.26. The Balaban J connectivity index is 1.62. The van der Waals surface area contributed by atoms with Gasteiger partial charge in [-0.25, -0.2) is 13.2 Å². The number of carbonyl (C=O) groups excluding carboxylic acids is 1. The Bertz CT molecular complexity index is 761. The Hall–Kier alpha value is -2.54. The summed E-state index contributed by atoms with van der Waals surface area (Å²) in [6.45, 7) is -0.393. The zero-order valence-corrected chi connectivity index (χ0v) is 12.4. The van der Waals surface area contributed by atoms with Gasteiger partial charge in [0.25, 0.3) is 5.91 Å². The average molecular weight is 337 g/mol. The van der Waals surface area contributed by atoms with Crippen molar-refractivity contribution in [3.8, 4) is 5.75 Å². The number of rotatable bonds is 4. The van der Waals surface area contributed by atoms with E-state index in [1.165, 1.54) is 18.2 Å². The average Bonchev–Trinajstić information content (AvgIpc) is 2.98. The highest BCUT2D eigenvalue weighted by molar-refractivity contribution is 5.82. The zero-order valence-electron chi connectivity index (χ0n) is 12.4. The van der Waals surface area contributed by atoms with E-state index < -0.39 is 47.7 Å². The predicted molar refractivity (Wildman–Crippen MR) is 78.8 cm³/mol. The maximum absolute atomic E-state index is 13.6. The third-order valence-corrected chi connectivity index (χ3v) is 3.81. The van der Waals surface area contributed by atoms with E-state index >= 15 is 0 Å². The molecule has 1 heterocycles. The van der Waals surface area contributed by atoms with Crippen molar-refractivity contribution in [3.63, 3.8) is 0 Å². The Morgan fingerprint density at radius 1 is 1.17 bits per heavy atom. The third kappa shape index (κ3) is 3.07. The molecule has 2 unspecified atom stereocenters. The molecule has 1 amide bonds. The first-order chi connectivity index (χ1) is 11.5. The summed E-state index contributed by atoms with van der Waals surface area (Å²) in [7, 11) is 0. The number of benzene rings is 2. The van der Waals surface area contributed by atoms with Crippen molar-refractivity contribution in [1.82, 2.24) is 5.32 Å². The molecule has 126 valence electrons. The molecular weight excluding hydrogens is 323 g/mol. The van der Waals surface area contributed by atoms with Crippen LogP contribution in [0.1, 0.15) is 17.2 Å². The highest BCUT2D eigenvalue weighted by Gasteiger charge is 2.31. The lowest BCUT2D eigenvalue weighted by molar-refractivity contribution is -0.127. The summed E-state index contributed by atoms with van der Waals surface area (Å²) in [5.74, 6) is -2.93. The summed E-state index contributed by atoms with van der Waals surface area (Å²) >= 11 is 0. The van der Waals surface area contributed by atoms with E-state index in [0.29, 0.717) is 5.56 Å². The molecule has 0 aromatic heterocycles. The van der Waals surface area contributed by atoms with Gasteiger partial charge in [-0.15, -0.1) is 0 Å². The van der Waals surface area contributed by atoms with Gasteiger partial charge in [-0.2, -0.15) is 0 Å². The van der Waals surface area contributed by atoms with Gasteiger partial charge in [0.15, 0.2) is 17.7 Å². The molecule has 0 spiro atoms. The first kappa shape index (κ1) is 16.3. The van der Waals surface area contributed by atoms with Crippen LogP contribution in [-0.4, -0.2) is 23.7 Å². The van der Waals surface area contributed by atoms with Gasteiger partial charge in [0.05, 0.1) is 5.56 Å². The van der Waals surface area contributed by atoms with Crippen LogP contribution in [0.2, 0.25) is 0 Å². The highest BCUT2D eigenvalue weighted by Crippen LogP contribution is 2.31. The van der Waals surface area contributed by atoms with Gasteiger partial charge in [-0.1, -0.05) is 18.2 Å². The molecule has 0 radical (unpaired) electrons. The van der Waals surface area contributed by atoms with Crippen LogP contribution in [-0.2, 0) is 11.2 Å². The van der Waals surface area contributed by atoms with Gasteiger partial charge < -0.3 is 15.2 Å². The van der Waals surface area contributed by atoms with E-state index in [4.69, 9.17) is 4.74 Å². The van der Waals surface area contributed by atoms with Gasteiger partial charge in [-0.3, -0.25) is 4.79 Å². The smallest absolute Gasteiger partial charge is 0.261 e. The van der Waals surface area contributed by atoms with E-state index in [0.717, 1.165) is 12.1 Å². The number of aliphatic hydroxyl groups is 1. The molecular formula is C17H14F3NO3. The molecule has 0 saturated carbocycles. The normalized spacial score (nSPS) is 17.1. The van der Waals surface area contributed by atoms with E-state index in [1.807, 2.05) is 0 Å². The number of hydrogen-bond donors (Lipinski definition) is 2. The molecule has 2 N–H and O–H groups in total. The lowest BCUT2D eigenvalue weighted by Crippen LogP contribution is -2.39. The van der Waals surface area contributed by atoms with Crippen LogP contribution < -0.4 is 10.1 Å². The highest BCUT2D eigenvalue weighted by atomic mass is 19.1. The fourth-order valence-corrected chi connectivity index (χ4v) is 2.62. The monoisotopic (exact) mass is 337 g/mol.